The molecular weight excluding hydrogens is 406 g/mol. The Balaban J connectivity index is 1.23. The molecule has 2 aromatic carbocycles. The highest BCUT2D eigenvalue weighted by atomic mass is 16.4. The monoisotopic (exact) mass is 431 g/mol. The van der Waals surface area contributed by atoms with Crippen LogP contribution in [0.3, 0.4) is 0 Å². The van der Waals surface area contributed by atoms with Gasteiger partial charge in [0.15, 0.2) is 11.4 Å². The van der Waals surface area contributed by atoms with Crippen LogP contribution in [0.15, 0.2) is 57.7 Å². The number of carbonyl (C=O) groups is 1. The number of hydrogen-bond donors (Lipinski definition) is 1. The normalized spacial score (nSPS) is 13.6. The molecule has 0 atom stereocenters. The first-order valence-electron chi connectivity index (χ1n) is 11.1. The Hall–Kier alpha value is -3.68. The standard InChI is InChI=1S/C24H25N5O3/c30-22(13-7-15-28-19-10-3-4-11-20(19)32-24(28)31)25-18-9-6-8-17(16-18)23-27-26-21-12-2-1-5-14-29(21)23/h3-4,6,8-11,16H,1-2,5,7,12-15H2,(H,25,30). The van der Waals surface area contributed by atoms with Crippen molar-refractivity contribution in [3.05, 3.63) is 64.9 Å². The first-order chi connectivity index (χ1) is 15.7. The molecular formula is C24H25N5O3. The number of nitrogens with one attached hydrogen (secondary N) is 1. The minimum atomic E-state index is -0.397. The van der Waals surface area contributed by atoms with Crippen molar-refractivity contribution >= 4 is 22.7 Å². The highest BCUT2D eigenvalue weighted by molar-refractivity contribution is 5.91. The average Bonchev–Trinajstić information content (AvgIpc) is 3.25. The lowest BCUT2D eigenvalue weighted by molar-refractivity contribution is -0.116. The molecule has 32 heavy (non-hydrogen) atoms. The lowest BCUT2D eigenvalue weighted by atomic mass is 10.1. The summed E-state index contributed by atoms with van der Waals surface area (Å²) in [6.45, 7) is 1.35. The Morgan fingerprint density at radius 2 is 1.97 bits per heavy atom. The Labute approximate surface area is 184 Å². The van der Waals surface area contributed by atoms with Crippen molar-refractivity contribution in [3.8, 4) is 11.4 Å². The maximum atomic E-state index is 12.5. The number of fused-ring (bicyclic) bond motifs is 2. The second-order valence-corrected chi connectivity index (χ2v) is 8.12. The SMILES string of the molecule is O=C(CCCn1c(=O)oc2ccccc21)Nc1cccc(-c2nnc3n2CCCCC3)c1. The summed E-state index contributed by atoms with van der Waals surface area (Å²) in [5, 5.41) is 11.7. The van der Waals surface area contributed by atoms with E-state index in [2.05, 4.69) is 20.1 Å². The van der Waals surface area contributed by atoms with Gasteiger partial charge in [0.2, 0.25) is 5.91 Å². The predicted molar refractivity (Wildman–Crippen MR) is 121 cm³/mol. The zero-order valence-corrected chi connectivity index (χ0v) is 17.8. The Morgan fingerprint density at radius 1 is 1.06 bits per heavy atom. The largest absolute Gasteiger partial charge is 0.419 e. The fourth-order valence-electron chi connectivity index (χ4n) is 4.28. The van der Waals surface area contributed by atoms with Crippen LogP contribution < -0.4 is 11.1 Å². The molecule has 1 aliphatic heterocycles. The summed E-state index contributed by atoms with van der Waals surface area (Å²) in [5.74, 6) is 1.40. The third-order valence-electron chi connectivity index (χ3n) is 5.87. The van der Waals surface area contributed by atoms with E-state index >= 15 is 0 Å². The van der Waals surface area contributed by atoms with E-state index in [9.17, 15) is 9.59 Å². The molecule has 2 aromatic heterocycles. The van der Waals surface area contributed by atoms with E-state index in [0.29, 0.717) is 25.0 Å². The van der Waals surface area contributed by atoms with Gasteiger partial charge in [0.25, 0.3) is 0 Å². The van der Waals surface area contributed by atoms with Crippen LogP contribution in [0, 0.1) is 0 Å². The molecule has 1 N–H and O–H groups in total. The molecule has 0 radical (unpaired) electrons. The minimum Gasteiger partial charge on any atom is -0.408 e. The van der Waals surface area contributed by atoms with Gasteiger partial charge >= 0.3 is 5.76 Å². The van der Waals surface area contributed by atoms with Gasteiger partial charge in [0.05, 0.1) is 5.52 Å². The smallest absolute Gasteiger partial charge is 0.408 e. The maximum absolute atomic E-state index is 12.5. The quantitative estimate of drug-likeness (QED) is 0.498. The average molecular weight is 431 g/mol. The van der Waals surface area contributed by atoms with Gasteiger partial charge in [-0.05, 0) is 43.5 Å². The topological polar surface area (TPSA) is 94.9 Å². The number of aromatic nitrogens is 4. The summed E-state index contributed by atoms with van der Waals surface area (Å²) < 4.78 is 9.01. The second-order valence-electron chi connectivity index (χ2n) is 8.12. The number of anilines is 1. The van der Waals surface area contributed by atoms with Crippen LogP contribution in [-0.2, 0) is 24.3 Å². The molecule has 0 saturated heterocycles. The first-order valence-corrected chi connectivity index (χ1v) is 11.1. The lowest BCUT2D eigenvalue weighted by Crippen LogP contribution is -2.17. The highest BCUT2D eigenvalue weighted by Gasteiger charge is 2.16. The van der Waals surface area contributed by atoms with Crippen LogP contribution in [0.1, 0.15) is 37.9 Å². The number of aryl methyl sites for hydroxylation is 2. The van der Waals surface area contributed by atoms with Crippen LogP contribution in [0.4, 0.5) is 5.69 Å². The summed E-state index contributed by atoms with van der Waals surface area (Å²) in [6.07, 6.45) is 5.28. The molecule has 1 amide bonds. The molecule has 8 nitrogen and oxygen atoms in total. The molecule has 3 heterocycles. The second kappa shape index (κ2) is 8.82. The number of hydrogen-bond acceptors (Lipinski definition) is 5. The number of oxazole rings is 1. The van der Waals surface area contributed by atoms with E-state index in [0.717, 1.165) is 54.2 Å². The number of carbonyl (C=O) groups excluding carboxylic acids is 1. The number of para-hydroxylation sites is 2. The molecule has 0 fully saturated rings. The van der Waals surface area contributed by atoms with Gasteiger partial charge in [-0.25, -0.2) is 4.79 Å². The van der Waals surface area contributed by atoms with E-state index in [1.165, 1.54) is 6.42 Å². The molecule has 0 bridgehead atoms. The van der Waals surface area contributed by atoms with Gasteiger partial charge in [-0.2, -0.15) is 0 Å². The Bertz CT molecular complexity index is 1320. The molecule has 8 heteroatoms. The summed E-state index contributed by atoms with van der Waals surface area (Å²) in [7, 11) is 0. The number of benzene rings is 2. The van der Waals surface area contributed by atoms with E-state index in [4.69, 9.17) is 4.42 Å². The van der Waals surface area contributed by atoms with Crippen LogP contribution in [-0.4, -0.2) is 25.2 Å². The van der Waals surface area contributed by atoms with Crippen molar-refractivity contribution in [3.63, 3.8) is 0 Å². The van der Waals surface area contributed by atoms with E-state index in [1.54, 1.807) is 10.6 Å². The fraction of sp³-hybridized carbons (Fsp3) is 0.333. The van der Waals surface area contributed by atoms with Gasteiger partial charge in [0.1, 0.15) is 5.82 Å². The third-order valence-corrected chi connectivity index (χ3v) is 5.87. The van der Waals surface area contributed by atoms with Crippen LogP contribution in [0.5, 0.6) is 0 Å². The molecule has 164 valence electrons. The van der Waals surface area contributed by atoms with Crippen molar-refractivity contribution in [2.75, 3.05) is 5.32 Å². The number of nitrogens with zero attached hydrogens (tertiary/aromatic N) is 4. The zero-order valence-electron chi connectivity index (χ0n) is 17.8. The van der Waals surface area contributed by atoms with Gasteiger partial charge in [-0.3, -0.25) is 9.36 Å². The molecule has 0 saturated carbocycles. The zero-order chi connectivity index (χ0) is 21.9. The van der Waals surface area contributed by atoms with Gasteiger partial charge < -0.3 is 14.3 Å². The fourth-order valence-corrected chi connectivity index (χ4v) is 4.28. The number of amides is 1. The van der Waals surface area contributed by atoms with E-state index in [1.807, 2.05) is 42.5 Å². The van der Waals surface area contributed by atoms with Gasteiger partial charge in [-0.1, -0.05) is 30.7 Å². The molecule has 0 unspecified atom stereocenters. The van der Waals surface area contributed by atoms with Crippen molar-refractivity contribution in [1.82, 2.24) is 19.3 Å². The predicted octanol–water partition coefficient (Wildman–Crippen LogP) is 4.00. The van der Waals surface area contributed by atoms with Gasteiger partial charge in [0, 0.05) is 37.2 Å². The van der Waals surface area contributed by atoms with E-state index in [-0.39, 0.29) is 5.91 Å². The van der Waals surface area contributed by atoms with Crippen LogP contribution in [0.25, 0.3) is 22.5 Å². The lowest BCUT2D eigenvalue weighted by Gasteiger charge is -2.09. The Morgan fingerprint density at radius 3 is 2.91 bits per heavy atom. The molecule has 0 spiro atoms. The van der Waals surface area contributed by atoms with Crippen LogP contribution in [0.2, 0.25) is 0 Å². The maximum Gasteiger partial charge on any atom is 0.419 e. The first kappa shape index (κ1) is 20.2. The van der Waals surface area contributed by atoms with Crippen molar-refractivity contribution in [2.24, 2.45) is 0 Å². The molecule has 5 rings (SSSR count). The van der Waals surface area contributed by atoms with Crippen molar-refractivity contribution < 1.29 is 9.21 Å². The van der Waals surface area contributed by atoms with Crippen molar-refractivity contribution in [2.45, 2.75) is 51.6 Å². The van der Waals surface area contributed by atoms with E-state index < -0.39 is 5.76 Å². The molecule has 1 aliphatic rings. The molecule has 4 aromatic rings. The molecule has 0 aliphatic carbocycles. The highest BCUT2D eigenvalue weighted by Crippen LogP contribution is 2.25. The van der Waals surface area contributed by atoms with Gasteiger partial charge in [-0.15, -0.1) is 10.2 Å². The summed E-state index contributed by atoms with van der Waals surface area (Å²) in [4.78, 5) is 24.6. The third kappa shape index (κ3) is 4.08. The number of rotatable bonds is 6. The Kier molecular flexibility index (Phi) is 5.58. The van der Waals surface area contributed by atoms with Crippen molar-refractivity contribution in [1.29, 1.82) is 0 Å². The summed E-state index contributed by atoms with van der Waals surface area (Å²) in [6, 6.07) is 15.0. The summed E-state index contributed by atoms with van der Waals surface area (Å²) in [5.41, 5.74) is 2.98. The minimum absolute atomic E-state index is 0.0944. The van der Waals surface area contributed by atoms with Crippen LogP contribution >= 0.6 is 0 Å². The summed E-state index contributed by atoms with van der Waals surface area (Å²) >= 11 is 0.